The van der Waals surface area contributed by atoms with Gasteiger partial charge in [-0.05, 0) is 31.0 Å². The third-order valence-corrected chi connectivity index (χ3v) is 2.36. The number of methoxy groups -OCH3 is 1. The Hall–Kier alpha value is -1.62. The normalized spacial score (nSPS) is 10.2. The molecule has 1 aromatic rings. The number of primary amides is 1. The zero-order valence-corrected chi connectivity index (χ0v) is 9.83. The highest BCUT2D eigenvalue weighted by Crippen LogP contribution is 2.17. The fraction of sp³-hybridized carbons (Fsp3) is 0.417. The molecule has 1 amide bonds. The molecule has 94 valence electrons. The predicted octanol–water partition coefficient (Wildman–Crippen LogP) is 0.842. The standard InChI is InChI=1S/C12H17FN2O2/c1-17-10-5-4-9(11(13)7-10)3-2-6-15-8-12(14)16/h4-5,7,15H,2-3,6,8H2,1H3,(H2,14,16). The third-order valence-electron chi connectivity index (χ3n) is 2.36. The molecule has 0 aromatic heterocycles. The first-order valence-electron chi connectivity index (χ1n) is 5.45. The van der Waals surface area contributed by atoms with Crippen LogP contribution in [0.5, 0.6) is 5.75 Å². The van der Waals surface area contributed by atoms with E-state index in [1.165, 1.54) is 13.2 Å². The Bertz CT molecular complexity index is 383. The second-order valence-corrected chi connectivity index (χ2v) is 3.70. The molecule has 0 saturated carbocycles. The first-order chi connectivity index (χ1) is 8.13. The molecule has 0 atom stereocenters. The summed E-state index contributed by atoms with van der Waals surface area (Å²) in [4.78, 5) is 10.4. The number of nitrogens with one attached hydrogen (secondary N) is 1. The minimum absolute atomic E-state index is 0.158. The number of carbonyl (C=O) groups excluding carboxylic acids is 1. The van der Waals surface area contributed by atoms with Crippen molar-refractivity contribution in [1.82, 2.24) is 5.32 Å². The summed E-state index contributed by atoms with van der Waals surface area (Å²) in [6.45, 7) is 0.791. The van der Waals surface area contributed by atoms with Crippen molar-refractivity contribution in [3.05, 3.63) is 29.6 Å². The zero-order valence-electron chi connectivity index (χ0n) is 9.83. The molecule has 3 N–H and O–H groups in total. The van der Waals surface area contributed by atoms with Crippen LogP contribution in [0.15, 0.2) is 18.2 Å². The zero-order chi connectivity index (χ0) is 12.7. The van der Waals surface area contributed by atoms with E-state index < -0.39 is 0 Å². The molecule has 0 spiro atoms. The van der Waals surface area contributed by atoms with Gasteiger partial charge in [-0.15, -0.1) is 0 Å². The van der Waals surface area contributed by atoms with E-state index in [1.807, 2.05) is 0 Å². The Morgan fingerprint density at radius 2 is 2.29 bits per heavy atom. The molecule has 0 radical (unpaired) electrons. The van der Waals surface area contributed by atoms with Crippen molar-refractivity contribution in [1.29, 1.82) is 0 Å². The molecule has 5 heteroatoms. The number of hydrogen-bond acceptors (Lipinski definition) is 3. The van der Waals surface area contributed by atoms with Gasteiger partial charge in [-0.3, -0.25) is 4.79 Å². The van der Waals surface area contributed by atoms with E-state index in [0.717, 1.165) is 6.42 Å². The van der Waals surface area contributed by atoms with Gasteiger partial charge in [0.15, 0.2) is 0 Å². The van der Waals surface area contributed by atoms with E-state index in [1.54, 1.807) is 12.1 Å². The number of rotatable bonds is 7. The second kappa shape index (κ2) is 6.85. The number of aryl methyl sites for hydroxylation is 1. The lowest BCUT2D eigenvalue weighted by atomic mass is 10.1. The summed E-state index contributed by atoms with van der Waals surface area (Å²) in [5.41, 5.74) is 5.61. The smallest absolute Gasteiger partial charge is 0.231 e. The van der Waals surface area contributed by atoms with Gasteiger partial charge in [0.25, 0.3) is 0 Å². The first-order valence-corrected chi connectivity index (χ1v) is 5.45. The van der Waals surface area contributed by atoms with Gasteiger partial charge in [-0.25, -0.2) is 4.39 Å². The van der Waals surface area contributed by atoms with Crippen LogP contribution in [0.25, 0.3) is 0 Å². The summed E-state index contributed by atoms with van der Waals surface area (Å²) in [7, 11) is 1.50. The molecule has 1 aromatic carbocycles. The lowest BCUT2D eigenvalue weighted by Gasteiger charge is -2.06. The average Bonchev–Trinajstić information content (AvgIpc) is 2.30. The van der Waals surface area contributed by atoms with Crippen molar-refractivity contribution in [2.45, 2.75) is 12.8 Å². The lowest BCUT2D eigenvalue weighted by Crippen LogP contribution is -2.29. The van der Waals surface area contributed by atoms with Gasteiger partial charge < -0.3 is 15.8 Å². The number of hydrogen-bond donors (Lipinski definition) is 2. The molecular weight excluding hydrogens is 223 g/mol. The maximum atomic E-state index is 13.5. The summed E-state index contributed by atoms with van der Waals surface area (Å²) in [6.07, 6.45) is 1.36. The van der Waals surface area contributed by atoms with Crippen molar-refractivity contribution >= 4 is 5.91 Å². The van der Waals surface area contributed by atoms with Crippen LogP contribution in [0.2, 0.25) is 0 Å². The van der Waals surface area contributed by atoms with Gasteiger partial charge in [0.2, 0.25) is 5.91 Å². The Balaban J connectivity index is 2.34. The van der Waals surface area contributed by atoms with Crippen molar-refractivity contribution in [3.8, 4) is 5.75 Å². The number of nitrogens with two attached hydrogens (primary N) is 1. The van der Waals surface area contributed by atoms with Crippen molar-refractivity contribution in [2.75, 3.05) is 20.2 Å². The summed E-state index contributed by atoms with van der Waals surface area (Å²) < 4.78 is 18.4. The number of carbonyl (C=O) groups is 1. The Labute approximate surface area is 100.0 Å². The highest BCUT2D eigenvalue weighted by molar-refractivity contribution is 5.75. The van der Waals surface area contributed by atoms with Gasteiger partial charge in [0.1, 0.15) is 11.6 Å². The molecule has 0 bridgehead atoms. The summed E-state index contributed by atoms with van der Waals surface area (Å²) in [5.74, 6) is -0.141. The fourth-order valence-corrected chi connectivity index (χ4v) is 1.47. The van der Waals surface area contributed by atoms with Crippen molar-refractivity contribution in [3.63, 3.8) is 0 Å². The predicted molar refractivity (Wildman–Crippen MR) is 63.3 cm³/mol. The maximum Gasteiger partial charge on any atom is 0.231 e. The molecule has 0 heterocycles. The molecule has 0 fully saturated rings. The summed E-state index contributed by atoms with van der Waals surface area (Å²) in [6, 6.07) is 4.81. The molecule has 0 aliphatic heterocycles. The first kappa shape index (κ1) is 13.4. The van der Waals surface area contributed by atoms with Crippen molar-refractivity contribution < 1.29 is 13.9 Å². The van der Waals surface area contributed by atoms with E-state index >= 15 is 0 Å². The van der Waals surface area contributed by atoms with Crippen molar-refractivity contribution in [2.24, 2.45) is 5.73 Å². The van der Waals surface area contributed by atoms with Gasteiger partial charge in [0, 0.05) is 6.07 Å². The number of ether oxygens (including phenoxy) is 1. The van der Waals surface area contributed by atoms with Gasteiger partial charge in [-0.2, -0.15) is 0 Å². The number of benzene rings is 1. The third kappa shape index (κ3) is 4.82. The highest BCUT2D eigenvalue weighted by atomic mass is 19.1. The van der Waals surface area contributed by atoms with Crippen LogP contribution in [-0.4, -0.2) is 26.1 Å². The molecule has 1 rings (SSSR count). The molecular formula is C12H17FN2O2. The van der Waals surface area contributed by atoms with Crippen LogP contribution in [0, 0.1) is 5.82 Å². The maximum absolute atomic E-state index is 13.5. The van der Waals surface area contributed by atoms with Gasteiger partial charge >= 0.3 is 0 Å². The van der Waals surface area contributed by atoms with Crippen LogP contribution < -0.4 is 15.8 Å². The Morgan fingerprint density at radius 3 is 2.88 bits per heavy atom. The van der Waals surface area contributed by atoms with E-state index in [4.69, 9.17) is 10.5 Å². The van der Waals surface area contributed by atoms with E-state index in [9.17, 15) is 9.18 Å². The number of amides is 1. The van der Waals surface area contributed by atoms with Crippen LogP contribution >= 0.6 is 0 Å². The molecule has 17 heavy (non-hydrogen) atoms. The lowest BCUT2D eigenvalue weighted by molar-refractivity contribution is -0.117. The Morgan fingerprint density at radius 1 is 1.53 bits per heavy atom. The quantitative estimate of drug-likeness (QED) is 0.694. The molecule has 0 saturated heterocycles. The minimum atomic E-state index is -0.388. The Kier molecular flexibility index (Phi) is 5.42. The number of halogens is 1. The van der Waals surface area contributed by atoms with Crippen LogP contribution in [-0.2, 0) is 11.2 Å². The fourth-order valence-electron chi connectivity index (χ4n) is 1.47. The van der Waals surface area contributed by atoms with E-state index in [-0.39, 0.29) is 18.3 Å². The largest absolute Gasteiger partial charge is 0.497 e. The van der Waals surface area contributed by atoms with E-state index in [2.05, 4.69) is 5.32 Å². The molecule has 4 nitrogen and oxygen atoms in total. The van der Waals surface area contributed by atoms with Crippen LogP contribution in [0.3, 0.4) is 0 Å². The average molecular weight is 240 g/mol. The SMILES string of the molecule is COc1ccc(CCCNCC(N)=O)c(F)c1. The van der Waals surface area contributed by atoms with E-state index in [0.29, 0.717) is 24.3 Å². The van der Waals surface area contributed by atoms with Crippen LogP contribution in [0.1, 0.15) is 12.0 Å². The summed E-state index contributed by atoms with van der Waals surface area (Å²) >= 11 is 0. The molecule has 0 aliphatic carbocycles. The van der Waals surface area contributed by atoms with Gasteiger partial charge in [-0.1, -0.05) is 6.07 Å². The van der Waals surface area contributed by atoms with Gasteiger partial charge in [0.05, 0.1) is 13.7 Å². The molecule has 0 aliphatic rings. The van der Waals surface area contributed by atoms with Crippen LogP contribution in [0.4, 0.5) is 4.39 Å². The summed E-state index contributed by atoms with van der Waals surface area (Å²) in [5, 5.41) is 2.88. The molecule has 0 unspecified atom stereocenters. The minimum Gasteiger partial charge on any atom is -0.497 e. The monoisotopic (exact) mass is 240 g/mol. The second-order valence-electron chi connectivity index (χ2n) is 3.70. The highest BCUT2D eigenvalue weighted by Gasteiger charge is 2.03. The topological polar surface area (TPSA) is 64.3 Å².